The summed E-state index contributed by atoms with van der Waals surface area (Å²) >= 11 is 0. The molecule has 2 aromatic rings. The topological polar surface area (TPSA) is 75.7 Å². The smallest absolute Gasteiger partial charge is 0.242 e. The van der Waals surface area contributed by atoms with Crippen LogP contribution in [0.2, 0.25) is 0 Å². The van der Waals surface area contributed by atoms with Gasteiger partial charge in [-0.1, -0.05) is 25.1 Å². The lowest BCUT2D eigenvalue weighted by Gasteiger charge is -2.15. The summed E-state index contributed by atoms with van der Waals surface area (Å²) in [6, 6.07) is 10.7. The van der Waals surface area contributed by atoms with E-state index in [-0.39, 0.29) is 17.2 Å². The summed E-state index contributed by atoms with van der Waals surface area (Å²) < 4.78 is 31.3. The molecule has 0 fully saturated rings. The van der Waals surface area contributed by atoms with Gasteiger partial charge < -0.3 is 10.1 Å². The highest BCUT2D eigenvalue weighted by molar-refractivity contribution is 7.89. The number of nitrogens with zero attached hydrogens (tertiary/aromatic N) is 1. The van der Waals surface area contributed by atoms with Crippen LogP contribution in [0, 0.1) is 6.92 Å². The van der Waals surface area contributed by atoms with Crippen molar-refractivity contribution < 1.29 is 17.9 Å². The van der Waals surface area contributed by atoms with E-state index in [2.05, 4.69) is 5.32 Å². The predicted molar refractivity (Wildman–Crippen MR) is 111 cm³/mol. The average Bonchev–Trinajstić information content (AvgIpc) is 2.67. The van der Waals surface area contributed by atoms with Crippen molar-refractivity contribution in [1.29, 1.82) is 0 Å². The van der Waals surface area contributed by atoms with Gasteiger partial charge in [-0.05, 0) is 54.7 Å². The Morgan fingerprint density at radius 2 is 1.86 bits per heavy atom. The molecule has 0 saturated carbocycles. The van der Waals surface area contributed by atoms with Crippen molar-refractivity contribution >= 4 is 21.6 Å². The Balaban J connectivity index is 2.19. The van der Waals surface area contributed by atoms with Crippen molar-refractivity contribution in [3.8, 4) is 5.75 Å². The second kappa shape index (κ2) is 9.21. The van der Waals surface area contributed by atoms with E-state index < -0.39 is 10.0 Å². The quantitative estimate of drug-likeness (QED) is 0.732. The zero-order valence-electron chi connectivity index (χ0n) is 17.1. The molecule has 0 aromatic heterocycles. The third-order valence-electron chi connectivity index (χ3n) is 4.66. The lowest BCUT2D eigenvalue weighted by Crippen LogP contribution is -2.22. The molecule has 6 nitrogen and oxygen atoms in total. The van der Waals surface area contributed by atoms with Crippen molar-refractivity contribution in [2.75, 3.05) is 26.5 Å². The molecule has 0 aliphatic rings. The van der Waals surface area contributed by atoms with Crippen molar-refractivity contribution in [3.05, 3.63) is 53.1 Å². The summed E-state index contributed by atoms with van der Waals surface area (Å²) in [6.07, 6.45) is 1.42. The molecule has 0 bridgehead atoms. The fourth-order valence-corrected chi connectivity index (χ4v) is 3.93. The Labute approximate surface area is 167 Å². The number of para-hydroxylation sites is 1. The van der Waals surface area contributed by atoms with Crippen molar-refractivity contribution in [2.24, 2.45) is 0 Å². The van der Waals surface area contributed by atoms with Crippen LogP contribution < -0.4 is 10.1 Å². The van der Waals surface area contributed by atoms with Crippen LogP contribution in [-0.2, 0) is 27.7 Å². The van der Waals surface area contributed by atoms with Gasteiger partial charge in [0.05, 0.1) is 12.0 Å². The highest BCUT2D eigenvalue weighted by atomic mass is 32.2. The third kappa shape index (κ3) is 4.91. The number of aryl methyl sites for hydroxylation is 3. The Bertz CT molecular complexity index is 953. The maximum Gasteiger partial charge on any atom is 0.242 e. The van der Waals surface area contributed by atoms with Gasteiger partial charge in [-0.15, -0.1) is 0 Å². The van der Waals surface area contributed by atoms with Crippen LogP contribution in [0.4, 0.5) is 5.69 Å². The average molecular weight is 405 g/mol. The second-order valence-corrected chi connectivity index (χ2v) is 8.92. The summed E-state index contributed by atoms with van der Waals surface area (Å²) in [5.41, 5.74) is 3.64. The first kappa shape index (κ1) is 21.9. The first-order valence-corrected chi connectivity index (χ1v) is 10.6. The molecule has 0 aliphatic carbocycles. The summed E-state index contributed by atoms with van der Waals surface area (Å²) in [5, 5.41) is 2.99. The summed E-state index contributed by atoms with van der Waals surface area (Å²) in [7, 11) is 0.951. The molecule has 0 atom stereocenters. The summed E-state index contributed by atoms with van der Waals surface area (Å²) in [4.78, 5) is 12.7. The first-order chi connectivity index (χ1) is 13.2. The number of amides is 1. The lowest BCUT2D eigenvalue weighted by atomic mass is 10.0. The molecule has 0 unspecified atom stereocenters. The van der Waals surface area contributed by atoms with Gasteiger partial charge in [-0.3, -0.25) is 4.79 Å². The molecule has 0 heterocycles. The maximum atomic E-state index is 12.5. The Kier molecular flexibility index (Phi) is 7.21. The highest BCUT2D eigenvalue weighted by Crippen LogP contribution is 2.26. The van der Waals surface area contributed by atoms with Gasteiger partial charge >= 0.3 is 0 Å². The second-order valence-electron chi connectivity index (χ2n) is 6.77. The van der Waals surface area contributed by atoms with Crippen LogP contribution in [0.5, 0.6) is 5.75 Å². The van der Waals surface area contributed by atoms with Crippen LogP contribution in [0.25, 0.3) is 0 Å². The Morgan fingerprint density at radius 3 is 2.46 bits per heavy atom. The van der Waals surface area contributed by atoms with E-state index in [1.54, 1.807) is 12.1 Å². The molecule has 0 saturated heterocycles. The third-order valence-corrected chi connectivity index (χ3v) is 6.47. The SMILES string of the molecule is CCc1cccc(C)c1NC(=O)CCc1cc(S(=O)(=O)N(C)C)ccc1OC. The number of rotatable bonds is 8. The maximum absolute atomic E-state index is 12.5. The van der Waals surface area contributed by atoms with E-state index >= 15 is 0 Å². The molecule has 2 rings (SSSR count). The monoisotopic (exact) mass is 404 g/mol. The van der Waals surface area contributed by atoms with Crippen molar-refractivity contribution in [2.45, 2.75) is 38.0 Å². The number of anilines is 1. The molecule has 0 radical (unpaired) electrons. The number of ether oxygens (including phenoxy) is 1. The zero-order chi connectivity index (χ0) is 20.9. The summed E-state index contributed by atoms with van der Waals surface area (Å²) in [6.45, 7) is 4.01. The molecule has 2 aromatic carbocycles. The molecule has 0 spiro atoms. The van der Waals surface area contributed by atoms with Gasteiger partial charge in [0.15, 0.2) is 0 Å². The van der Waals surface area contributed by atoms with Crippen molar-refractivity contribution in [1.82, 2.24) is 4.31 Å². The number of sulfonamides is 1. The normalized spacial score (nSPS) is 11.5. The molecule has 7 heteroatoms. The fraction of sp³-hybridized carbons (Fsp3) is 0.381. The largest absolute Gasteiger partial charge is 0.496 e. The number of hydrogen-bond acceptors (Lipinski definition) is 4. The molecule has 152 valence electrons. The highest BCUT2D eigenvalue weighted by Gasteiger charge is 2.19. The first-order valence-electron chi connectivity index (χ1n) is 9.18. The van der Waals surface area contributed by atoms with E-state index in [4.69, 9.17) is 4.74 Å². The standard InChI is InChI=1S/C21H28N2O4S/c1-6-16-9-7-8-15(2)21(16)22-20(24)13-10-17-14-18(11-12-19(17)27-5)28(25,26)23(3)4/h7-9,11-12,14H,6,10,13H2,1-5H3,(H,22,24). The molecule has 1 N–H and O–H groups in total. The van der Waals surface area contributed by atoms with E-state index in [0.717, 1.165) is 27.5 Å². The number of carbonyl (C=O) groups is 1. The van der Waals surface area contributed by atoms with Gasteiger partial charge in [-0.2, -0.15) is 0 Å². The minimum absolute atomic E-state index is 0.119. The van der Waals surface area contributed by atoms with Gasteiger partial charge in [-0.25, -0.2) is 12.7 Å². The van der Waals surface area contributed by atoms with Crippen LogP contribution in [0.3, 0.4) is 0 Å². The molecule has 28 heavy (non-hydrogen) atoms. The van der Waals surface area contributed by atoms with Crippen LogP contribution in [-0.4, -0.2) is 39.8 Å². The number of nitrogens with one attached hydrogen (secondary N) is 1. The van der Waals surface area contributed by atoms with Crippen LogP contribution >= 0.6 is 0 Å². The summed E-state index contributed by atoms with van der Waals surface area (Å²) in [5.74, 6) is 0.447. The predicted octanol–water partition coefficient (Wildman–Crippen LogP) is 3.39. The zero-order valence-corrected chi connectivity index (χ0v) is 17.9. The molecule has 1 amide bonds. The van der Waals surface area contributed by atoms with E-state index in [9.17, 15) is 13.2 Å². The molecule has 0 aliphatic heterocycles. The molecular weight excluding hydrogens is 376 g/mol. The van der Waals surface area contributed by atoms with Crippen LogP contribution in [0.1, 0.15) is 30.0 Å². The van der Waals surface area contributed by atoms with Crippen LogP contribution in [0.15, 0.2) is 41.3 Å². The fourth-order valence-electron chi connectivity index (χ4n) is 2.97. The Morgan fingerprint density at radius 1 is 1.14 bits per heavy atom. The molecular formula is C21H28N2O4S. The lowest BCUT2D eigenvalue weighted by molar-refractivity contribution is -0.116. The van der Waals surface area contributed by atoms with E-state index in [1.807, 2.05) is 32.0 Å². The number of benzene rings is 2. The minimum Gasteiger partial charge on any atom is -0.496 e. The minimum atomic E-state index is -3.55. The van der Waals surface area contributed by atoms with Gasteiger partial charge in [0.25, 0.3) is 0 Å². The van der Waals surface area contributed by atoms with Gasteiger partial charge in [0, 0.05) is 26.2 Å². The Hall–Kier alpha value is -2.38. The number of methoxy groups -OCH3 is 1. The van der Waals surface area contributed by atoms with E-state index in [0.29, 0.717) is 17.7 Å². The van der Waals surface area contributed by atoms with Gasteiger partial charge in [0.2, 0.25) is 15.9 Å². The number of hydrogen-bond donors (Lipinski definition) is 1. The van der Waals surface area contributed by atoms with E-state index in [1.165, 1.54) is 27.3 Å². The van der Waals surface area contributed by atoms with Gasteiger partial charge in [0.1, 0.15) is 5.75 Å². The van der Waals surface area contributed by atoms with Crippen molar-refractivity contribution in [3.63, 3.8) is 0 Å². The number of carbonyl (C=O) groups excluding carboxylic acids is 1.